The number of aldehydes is 1. The zero-order valence-corrected chi connectivity index (χ0v) is 22.5. The van der Waals surface area contributed by atoms with Gasteiger partial charge in [-0.05, 0) is 29.5 Å². The van der Waals surface area contributed by atoms with Gasteiger partial charge in [-0.3, -0.25) is 9.59 Å². The van der Waals surface area contributed by atoms with Gasteiger partial charge in [-0.2, -0.15) is 0 Å². The highest BCUT2D eigenvalue weighted by molar-refractivity contribution is 6.40. The third kappa shape index (κ3) is 5.59. The number of aliphatic hydroxyl groups is 1. The molecule has 2 unspecified atom stereocenters. The molecule has 15 heteroatoms. The van der Waals surface area contributed by atoms with Crippen LogP contribution < -0.4 is 10.1 Å². The lowest BCUT2D eigenvalue weighted by Gasteiger charge is -2.43. The van der Waals surface area contributed by atoms with Gasteiger partial charge in [0.1, 0.15) is 45.2 Å². The summed E-state index contributed by atoms with van der Waals surface area (Å²) in [5.41, 5.74) is -3.36. The van der Waals surface area contributed by atoms with E-state index in [4.69, 9.17) is 48.7 Å². The van der Waals surface area contributed by atoms with Crippen LogP contribution in [-0.4, -0.2) is 112 Å². The molecule has 2 aliphatic heterocycles. The van der Waals surface area contributed by atoms with Crippen molar-refractivity contribution >= 4 is 57.3 Å². The molecule has 2 aromatic carbocycles. The molecule has 202 valence electrons. The first-order chi connectivity index (χ1) is 19.3. The zero-order chi connectivity index (χ0) is 30.2. The van der Waals surface area contributed by atoms with Gasteiger partial charge in [0.05, 0.1) is 39.9 Å². The van der Waals surface area contributed by atoms with E-state index in [9.17, 15) is 19.5 Å². The van der Waals surface area contributed by atoms with E-state index >= 15 is 4.39 Å². The third-order valence-corrected chi connectivity index (χ3v) is 7.29. The van der Waals surface area contributed by atoms with Crippen LogP contribution >= 0.6 is 0 Å². The molecule has 4 rings (SSSR count). The SMILES string of the molecule is [B]C([B])(Oc1cccc2c1C([B])(O)N(C(CCC=O)C(=O)NC)C2=O)c1cccc(C([B])([B])N2CCOCC2)c1F. The normalized spacial score (nSPS) is 20.4. The minimum absolute atomic E-state index is 0.0871. The Balaban J connectivity index is 1.72. The maximum Gasteiger partial charge on any atom is 0.256 e. The molecule has 2 atom stereocenters. The van der Waals surface area contributed by atoms with Crippen LogP contribution in [0.25, 0.3) is 0 Å². The van der Waals surface area contributed by atoms with Crippen molar-refractivity contribution in [2.45, 2.75) is 35.2 Å². The largest absolute Gasteiger partial charge is 0.502 e. The minimum Gasteiger partial charge on any atom is -0.502 e. The van der Waals surface area contributed by atoms with Crippen molar-refractivity contribution < 1.29 is 33.4 Å². The van der Waals surface area contributed by atoms with Crippen molar-refractivity contribution in [2.75, 3.05) is 33.4 Å². The quantitative estimate of drug-likeness (QED) is 0.288. The monoisotopic (exact) mass is 549 g/mol. The molecule has 0 bridgehead atoms. The molecule has 2 aromatic rings. The zero-order valence-electron chi connectivity index (χ0n) is 22.5. The van der Waals surface area contributed by atoms with Crippen LogP contribution in [0.1, 0.15) is 39.9 Å². The summed E-state index contributed by atoms with van der Waals surface area (Å²) >= 11 is 0. The highest BCUT2D eigenvalue weighted by atomic mass is 19.1. The molecular weight excluding hydrogens is 523 g/mol. The predicted molar refractivity (Wildman–Crippen MR) is 151 cm³/mol. The van der Waals surface area contributed by atoms with Crippen molar-refractivity contribution in [3.05, 3.63) is 64.5 Å². The second-order valence-corrected chi connectivity index (χ2v) is 9.94. The first kappa shape index (κ1) is 30.9. The molecule has 2 heterocycles. The number of likely N-dealkylation sites (N-methyl/N-ethyl adjacent to an activating group) is 1. The molecule has 2 aliphatic rings. The standard InChI is InChI=1S/C26H25B5FN3O6/c1-33-22(37)18(8-4-12-36)35-23(38)15-5-2-9-19(20(15)26(35,31)39)41-25(29,30)17-7-3-6-16(21(17)32)24(27,28)34-10-13-40-14-11-34/h2-3,5-7,9,12,18,39H,4,8,10-11,13-14H2,1H3,(H,33,37). The Bertz CT molecular complexity index is 1340. The lowest BCUT2D eigenvalue weighted by Crippen LogP contribution is -2.55. The van der Waals surface area contributed by atoms with Gasteiger partial charge in [0, 0.05) is 37.7 Å². The van der Waals surface area contributed by atoms with Gasteiger partial charge in [0.15, 0.2) is 7.85 Å². The Morgan fingerprint density at radius 3 is 2.46 bits per heavy atom. The van der Waals surface area contributed by atoms with Crippen molar-refractivity contribution in [2.24, 2.45) is 0 Å². The fourth-order valence-corrected chi connectivity index (χ4v) is 5.21. The molecule has 2 amide bonds. The van der Waals surface area contributed by atoms with Gasteiger partial charge in [0.25, 0.3) is 5.91 Å². The number of fused-ring (bicyclic) bond motifs is 1. The summed E-state index contributed by atoms with van der Waals surface area (Å²) < 4.78 is 27.1. The first-order valence-electron chi connectivity index (χ1n) is 12.9. The topological polar surface area (TPSA) is 108 Å². The maximum atomic E-state index is 16.0. The Kier molecular flexibility index (Phi) is 8.83. The van der Waals surface area contributed by atoms with Gasteiger partial charge in [-0.1, -0.05) is 24.3 Å². The number of amides is 2. The molecule has 41 heavy (non-hydrogen) atoms. The van der Waals surface area contributed by atoms with E-state index < -0.39 is 40.0 Å². The average Bonchev–Trinajstić information content (AvgIpc) is 3.14. The highest BCUT2D eigenvalue weighted by Gasteiger charge is 2.51. The van der Waals surface area contributed by atoms with E-state index in [1.807, 2.05) is 0 Å². The second-order valence-electron chi connectivity index (χ2n) is 9.94. The van der Waals surface area contributed by atoms with Crippen molar-refractivity contribution in [1.82, 2.24) is 15.1 Å². The van der Waals surface area contributed by atoms with Gasteiger partial charge < -0.3 is 34.5 Å². The maximum absolute atomic E-state index is 16.0. The van der Waals surface area contributed by atoms with E-state index in [1.54, 1.807) is 4.90 Å². The van der Waals surface area contributed by atoms with Gasteiger partial charge >= 0.3 is 0 Å². The number of benzene rings is 2. The summed E-state index contributed by atoms with van der Waals surface area (Å²) in [5.74, 6) is -2.62. The van der Waals surface area contributed by atoms with E-state index in [2.05, 4.69) is 5.32 Å². The van der Waals surface area contributed by atoms with Crippen LogP contribution in [0.15, 0.2) is 36.4 Å². The Morgan fingerprint density at radius 2 is 1.83 bits per heavy atom. The number of nitrogens with one attached hydrogen (secondary N) is 1. The van der Waals surface area contributed by atoms with Crippen molar-refractivity contribution in [1.29, 1.82) is 0 Å². The molecule has 0 saturated carbocycles. The molecule has 1 saturated heterocycles. The number of carbonyl (C=O) groups is 3. The summed E-state index contributed by atoms with van der Waals surface area (Å²) in [6.07, 6.45) is 0.373. The minimum atomic E-state index is -2.58. The summed E-state index contributed by atoms with van der Waals surface area (Å²) in [7, 11) is 32.9. The molecule has 1 fully saturated rings. The lowest BCUT2D eigenvalue weighted by molar-refractivity contribution is -0.131. The second kappa shape index (κ2) is 11.7. The van der Waals surface area contributed by atoms with E-state index in [0.717, 1.165) is 4.90 Å². The number of halogens is 1. The highest BCUT2D eigenvalue weighted by Crippen LogP contribution is 2.44. The summed E-state index contributed by atoms with van der Waals surface area (Å²) in [4.78, 5) is 39.4. The van der Waals surface area contributed by atoms with Gasteiger partial charge in [-0.25, -0.2) is 4.39 Å². The predicted octanol–water partition coefficient (Wildman–Crippen LogP) is -1.05. The third-order valence-electron chi connectivity index (χ3n) is 7.29. The van der Waals surface area contributed by atoms with E-state index in [1.165, 1.54) is 43.4 Å². The Hall–Kier alpha value is -3.02. The summed E-state index contributed by atoms with van der Waals surface area (Å²) in [6.45, 7) is 1.46. The smallest absolute Gasteiger partial charge is 0.256 e. The van der Waals surface area contributed by atoms with Crippen LogP contribution in [-0.2, 0) is 30.7 Å². The number of carbonyl (C=O) groups excluding carboxylic acids is 3. The number of rotatable bonds is 10. The fourth-order valence-electron chi connectivity index (χ4n) is 5.21. The summed E-state index contributed by atoms with van der Waals surface area (Å²) in [5, 5.41) is 9.72. The number of morpholine rings is 1. The number of ether oxygens (including phenoxy) is 2. The molecular formula is C26H25B5FN3O6. The fraction of sp³-hybridized carbons (Fsp3) is 0.423. The molecule has 2 N–H and O–H groups in total. The number of hydrogen-bond donors (Lipinski definition) is 2. The number of nitrogens with zero attached hydrogens (tertiary/aromatic N) is 2. The Morgan fingerprint density at radius 1 is 1.20 bits per heavy atom. The average molecular weight is 549 g/mol. The Labute approximate surface area is 244 Å². The first-order valence-corrected chi connectivity index (χ1v) is 12.9. The van der Waals surface area contributed by atoms with Crippen molar-refractivity contribution in [3.63, 3.8) is 0 Å². The van der Waals surface area contributed by atoms with Crippen LogP contribution in [0.2, 0.25) is 0 Å². The molecule has 0 aliphatic carbocycles. The van der Waals surface area contributed by atoms with E-state index in [-0.39, 0.29) is 40.8 Å². The lowest BCUT2D eigenvalue weighted by atomic mass is 9.55. The molecule has 0 spiro atoms. The van der Waals surface area contributed by atoms with Gasteiger partial charge in [-0.15, -0.1) is 0 Å². The van der Waals surface area contributed by atoms with Crippen LogP contribution in [0.4, 0.5) is 4.39 Å². The molecule has 9 nitrogen and oxygen atoms in total. The van der Waals surface area contributed by atoms with Gasteiger partial charge in [0.2, 0.25) is 5.91 Å². The molecule has 0 aromatic heterocycles. The van der Waals surface area contributed by atoms with E-state index in [0.29, 0.717) is 32.6 Å². The van der Waals surface area contributed by atoms with Crippen LogP contribution in [0, 0.1) is 5.82 Å². The van der Waals surface area contributed by atoms with Crippen molar-refractivity contribution in [3.8, 4) is 5.75 Å². The summed E-state index contributed by atoms with van der Waals surface area (Å²) in [6, 6.07) is 6.94. The van der Waals surface area contributed by atoms with Crippen LogP contribution in [0.5, 0.6) is 5.75 Å². The number of hydrogen-bond acceptors (Lipinski definition) is 7. The van der Waals surface area contributed by atoms with Crippen LogP contribution in [0.3, 0.4) is 0 Å². The molecule has 10 radical (unpaired) electrons.